The molecule has 1 aliphatic heterocycles. The molecule has 1 aromatic heterocycles. The number of carbonyl (C=O) groups is 2. The van der Waals surface area contributed by atoms with Gasteiger partial charge in [0.05, 0.1) is 11.3 Å². The van der Waals surface area contributed by atoms with E-state index in [-0.39, 0.29) is 48.4 Å². The summed E-state index contributed by atoms with van der Waals surface area (Å²) < 4.78 is 16.0. The fourth-order valence-corrected chi connectivity index (χ4v) is 3.70. The third-order valence-corrected chi connectivity index (χ3v) is 5.32. The average Bonchev–Trinajstić information content (AvgIpc) is 2.76. The highest BCUT2D eigenvalue weighted by molar-refractivity contribution is 5.83. The van der Waals surface area contributed by atoms with Gasteiger partial charge in [0.1, 0.15) is 17.7 Å². The standard InChI is InChI=1S/C21H23FN6O4/c1-26-20(31)10-19(28(21(26)32)16-9-14(22)5-4-13(16)11-23)27-8-2-3-15(12-27)25-18(30)7-6-17(24)29/h4-5,9-10,15H,2-3,6-8,12H2,1H3,(H2,24,29)(H,25,30)/t15-/m1/s1. The van der Waals surface area contributed by atoms with Crippen LogP contribution in [-0.2, 0) is 16.6 Å². The Morgan fingerprint density at radius 2 is 2.03 bits per heavy atom. The van der Waals surface area contributed by atoms with E-state index in [4.69, 9.17) is 5.73 Å². The Bertz CT molecular complexity index is 1210. The van der Waals surface area contributed by atoms with Crippen molar-refractivity contribution in [2.45, 2.75) is 31.7 Å². The van der Waals surface area contributed by atoms with Gasteiger partial charge in [-0.2, -0.15) is 5.26 Å². The number of hydrogen-bond donors (Lipinski definition) is 2. The highest BCUT2D eigenvalue weighted by atomic mass is 19.1. The molecule has 0 saturated carbocycles. The van der Waals surface area contributed by atoms with Crippen LogP contribution in [0.15, 0.2) is 33.9 Å². The second-order valence-electron chi connectivity index (χ2n) is 7.61. The first-order valence-corrected chi connectivity index (χ1v) is 10.1. The predicted molar refractivity (Wildman–Crippen MR) is 114 cm³/mol. The van der Waals surface area contributed by atoms with E-state index in [9.17, 15) is 28.8 Å². The quantitative estimate of drug-likeness (QED) is 0.639. The molecule has 1 atom stereocenters. The second-order valence-corrected chi connectivity index (χ2v) is 7.61. The van der Waals surface area contributed by atoms with Crippen molar-refractivity contribution in [3.8, 4) is 11.8 Å². The first kappa shape index (κ1) is 22.7. The zero-order valence-corrected chi connectivity index (χ0v) is 17.5. The monoisotopic (exact) mass is 442 g/mol. The number of benzene rings is 1. The number of aromatic nitrogens is 2. The lowest BCUT2D eigenvalue weighted by atomic mass is 10.1. The van der Waals surface area contributed by atoms with E-state index in [0.29, 0.717) is 19.4 Å². The summed E-state index contributed by atoms with van der Waals surface area (Å²) in [7, 11) is 1.30. The van der Waals surface area contributed by atoms with Crippen LogP contribution in [0.25, 0.3) is 5.69 Å². The molecule has 2 amide bonds. The van der Waals surface area contributed by atoms with Crippen LogP contribution in [0.1, 0.15) is 31.2 Å². The van der Waals surface area contributed by atoms with Crippen LogP contribution in [0.2, 0.25) is 0 Å². The minimum Gasteiger partial charge on any atom is -0.370 e. The van der Waals surface area contributed by atoms with Crippen molar-refractivity contribution in [2.75, 3.05) is 18.0 Å². The molecule has 11 heteroatoms. The van der Waals surface area contributed by atoms with Crippen LogP contribution in [0.4, 0.5) is 10.2 Å². The number of halogens is 1. The fourth-order valence-electron chi connectivity index (χ4n) is 3.70. The van der Waals surface area contributed by atoms with Crippen LogP contribution in [0.5, 0.6) is 0 Å². The summed E-state index contributed by atoms with van der Waals surface area (Å²) in [6, 6.07) is 6.36. The SMILES string of the molecule is Cn1c(=O)cc(N2CCC[C@@H](NC(=O)CCC(N)=O)C2)n(-c2cc(F)ccc2C#N)c1=O. The summed E-state index contributed by atoms with van der Waals surface area (Å²) in [6.07, 6.45) is 1.22. The van der Waals surface area contributed by atoms with Crippen molar-refractivity contribution in [3.63, 3.8) is 0 Å². The summed E-state index contributed by atoms with van der Waals surface area (Å²) in [4.78, 5) is 50.1. The Kier molecular flexibility index (Phi) is 6.73. The van der Waals surface area contributed by atoms with Gasteiger partial charge in [0.2, 0.25) is 11.8 Å². The molecular formula is C21H23FN6O4. The highest BCUT2D eigenvalue weighted by Gasteiger charge is 2.26. The maximum atomic E-state index is 14.0. The van der Waals surface area contributed by atoms with Gasteiger partial charge >= 0.3 is 5.69 Å². The molecule has 0 aliphatic carbocycles. The van der Waals surface area contributed by atoms with E-state index in [2.05, 4.69) is 5.32 Å². The van der Waals surface area contributed by atoms with Gasteiger partial charge in [-0.1, -0.05) is 0 Å². The molecule has 0 spiro atoms. The molecule has 1 aromatic carbocycles. The molecule has 0 radical (unpaired) electrons. The first-order chi connectivity index (χ1) is 15.2. The minimum atomic E-state index is -0.720. The predicted octanol–water partition coefficient (Wildman–Crippen LogP) is -0.103. The van der Waals surface area contributed by atoms with E-state index in [0.717, 1.165) is 21.3 Å². The summed E-state index contributed by atoms with van der Waals surface area (Å²) in [5, 5.41) is 12.3. The lowest BCUT2D eigenvalue weighted by Gasteiger charge is -2.35. The van der Waals surface area contributed by atoms with Gasteiger partial charge in [0, 0.05) is 45.1 Å². The maximum absolute atomic E-state index is 14.0. The average molecular weight is 442 g/mol. The Balaban J connectivity index is 2.00. The van der Waals surface area contributed by atoms with Gasteiger partial charge in [-0.15, -0.1) is 0 Å². The summed E-state index contributed by atoms with van der Waals surface area (Å²) in [5.41, 5.74) is 3.90. The second kappa shape index (κ2) is 9.47. The van der Waals surface area contributed by atoms with E-state index in [1.165, 1.54) is 19.2 Å². The van der Waals surface area contributed by atoms with Crippen molar-refractivity contribution in [3.05, 3.63) is 56.5 Å². The summed E-state index contributed by atoms with van der Waals surface area (Å²) >= 11 is 0. The Hall–Kier alpha value is -3.94. The van der Waals surface area contributed by atoms with Crippen molar-refractivity contribution in [2.24, 2.45) is 12.8 Å². The number of anilines is 1. The van der Waals surface area contributed by atoms with Gasteiger partial charge in [0.15, 0.2) is 0 Å². The van der Waals surface area contributed by atoms with Crippen LogP contribution in [0.3, 0.4) is 0 Å². The van der Waals surface area contributed by atoms with Crippen molar-refractivity contribution >= 4 is 17.6 Å². The van der Waals surface area contributed by atoms with Crippen molar-refractivity contribution in [1.29, 1.82) is 5.26 Å². The van der Waals surface area contributed by atoms with Gasteiger partial charge in [-0.05, 0) is 31.0 Å². The summed E-state index contributed by atoms with van der Waals surface area (Å²) in [6.45, 7) is 0.767. The van der Waals surface area contributed by atoms with Crippen molar-refractivity contribution < 1.29 is 14.0 Å². The van der Waals surface area contributed by atoms with Crippen LogP contribution >= 0.6 is 0 Å². The number of nitrogens with zero attached hydrogens (tertiary/aromatic N) is 4. The number of nitriles is 1. The molecule has 2 aromatic rings. The Labute approximate surface area is 182 Å². The minimum absolute atomic E-state index is 0.0238. The zero-order valence-electron chi connectivity index (χ0n) is 17.5. The van der Waals surface area contributed by atoms with Gasteiger partial charge in [-0.3, -0.25) is 19.0 Å². The number of nitrogens with two attached hydrogens (primary N) is 1. The molecule has 0 bridgehead atoms. The summed E-state index contributed by atoms with van der Waals surface area (Å²) in [5.74, 6) is -1.33. The van der Waals surface area contributed by atoms with E-state index >= 15 is 0 Å². The number of rotatable bonds is 6. The topological polar surface area (TPSA) is 143 Å². The molecule has 3 rings (SSSR count). The molecule has 32 heavy (non-hydrogen) atoms. The normalized spacial score (nSPS) is 15.8. The molecule has 3 N–H and O–H groups in total. The van der Waals surface area contributed by atoms with Gasteiger partial charge in [0.25, 0.3) is 5.56 Å². The number of hydrogen-bond acceptors (Lipinski definition) is 6. The molecule has 1 aliphatic rings. The van der Waals surface area contributed by atoms with Gasteiger partial charge in [-0.25, -0.2) is 13.8 Å². The third-order valence-electron chi connectivity index (χ3n) is 5.32. The molecule has 2 heterocycles. The molecule has 0 unspecified atom stereocenters. The molecular weight excluding hydrogens is 419 g/mol. The first-order valence-electron chi connectivity index (χ1n) is 10.1. The van der Waals surface area contributed by atoms with E-state index in [1.807, 2.05) is 6.07 Å². The smallest absolute Gasteiger partial charge is 0.336 e. The van der Waals surface area contributed by atoms with Crippen LogP contribution in [-0.4, -0.2) is 40.1 Å². The molecule has 168 valence electrons. The number of amides is 2. The largest absolute Gasteiger partial charge is 0.370 e. The van der Waals surface area contributed by atoms with Crippen molar-refractivity contribution in [1.82, 2.24) is 14.5 Å². The molecule has 1 fully saturated rings. The number of nitrogens with one attached hydrogen (secondary N) is 1. The lowest BCUT2D eigenvalue weighted by Crippen LogP contribution is -2.50. The van der Waals surface area contributed by atoms with E-state index in [1.54, 1.807) is 4.90 Å². The zero-order chi connectivity index (χ0) is 23.4. The molecule has 1 saturated heterocycles. The van der Waals surface area contributed by atoms with Crippen LogP contribution in [0, 0.1) is 17.1 Å². The number of primary amides is 1. The van der Waals surface area contributed by atoms with E-state index < -0.39 is 23.0 Å². The molecule has 10 nitrogen and oxygen atoms in total. The van der Waals surface area contributed by atoms with Crippen LogP contribution < -0.4 is 27.2 Å². The Morgan fingerprint density at radius 3 is 2.72 bits per heavy atom. The maximum Gasteiger partial charge on any atom is 0.336 e. The highest BCUT2D eigenvalue weighted by Crippen LogP contribution is 2.23. The third kappa shape index (κ3) is 4.85. The lowest BCUT2D eigenvalue weighted by molar-refractivity contribution is -0.125. The Morgan fingerprint density at radius 1 is 1.28 bits per heavy atom. The number of carbonyl (C=O) groups excluding carboxylic acids is 2. The number of piperidine rings is 1. The van der Waals surface area contributed by atoms with Gasteiger partial charge < -0.3 is 16.0 Å². The fraction of sp³-hybridized carbons (Fsp3) is 0.381.